The van der Waals surface area contributed by atoms with Crippen LogP contribution in [0, 0.1) is 0 Å². The monoisotopic (exact) mass is 225 g/mol. The number of hydrogen-bond donors (Lipinski definition) is 2. The minimum Gasteiger partial charge on any atom is -0.355 e. The highest BCUT2D eigenvalue weighted by atomic mass is 32.1. The highest BCUT2D eigenvalue weighted by molar-refractivity contribution is 7.07. The number of thiazole rings is 1. The van der Waals surface area contributed by atoms with Crippen molar-refractivity contribution in [1.29, 1.82) is 0 Å². The Kier molecular flexibility index (Phi) is 3.33. The van der Waals surface area contributed by atoms with Gasteiger partial charge in [0.2, 0.25) is 5.91 Å². The van der Waals surface area contributed by atoms with E-state index in [4.69, 9.17) is 0 Å². The number of carbonyl (C=O) groups is 1. The first-order chi connectivity index (χ1) is 7.27. The normalized spacial score (nSPS) is 23.5. The standard InChI is InChI=1S/C10H15N3OS/c1-7(9-5-15-6-12-9)13-8-3-2-4-11-10(8)14/h5-8,13H,2-4H2,1H3,(H,11,14). The van der Waals surface area contributed by atoms with Crippen LogP contribution in [-0.4, -0.2) is 23.5 Å². The van der Waals surface area contributed by atoms with E-state index in [9.17, 15) is 4.79 Å². The number of hydrogen-bond acceptors (Lipinski definition) is 4. The number of amides is 1. The minimum atomic E-state index is -0.0598. The molecule has 4 nitrogen and oxygen atoms in total. The lowest BCUT2D eigenvalue weighted by Crippen LogP contribution is -2.48. The number of nitrogens with zero attached hydrogens (tertiary/aromatic N) is 1. The van der Waals surface area contributed by atoms with E-state index in [0.29, 0.717) is 0 Å². The van der Waals surface area contributed by atoms with E-state index in [2.05, 4.69) is 15.6 Å². The van der Waals surface area contributed by atoms with Crippen LogP contribution >= 0.6 is 11.3 Å². The van der Waals surface area contributed by atoms with E-state index in [0.717, 1.165) is 25.1 Å². The van der Waals surface area contributed by atoms with Crippen LogP contribution in [0.1, 0.15) is 31.5 Å². The number of nitrogens with one attached hydrogen (secondary N) is 2. The number of carbonyl (C=O) groups excluding carboxylic acids is 1. The van der Waals surface area contributed by atoms with E-state index < -0.39 is 0 Å². The molecular formula is C10H15N3OS. The van der Waals surface area contributed by atoms with Gasteiger partial charge in [-0.25, -0.2) is 4.98 Å². The molecule has 1 saturated heterocycles. The molecule has 1 amide bonds. The molecule has 1 aliphatic heterocycles. The molecule has 2 unspecified atom stereocenters. The molecule has 2 rings (SSSR count). The Hall–Kier alpha value is -0.940. The van der Waals surface area contributed by atoms with Crippen molar-refractivity contribution in [2.75, 3.05) is 6.54 Å². The van der Waals surface area contributed by atoms with Crippen molar-refractivity contribution in [2.45, 2.75) is 31.8 Å². The molecule has 0 aliphatic carbocycles. The Morgan fingerprint density at radius 3 is 3.27 bits per heavy atom. The van der Waals surface area contributed by atoms with Gasteiger partial charge in [0.25, 0.3) is 0 Å². The van der Waals surface area contributed by atoms with Gasteiger partial charge in [-0.2, -0.15) is 0 Å². The zero-order valence-corrected chi connectivity index (χ0v) is 9.51. The summed E-state index contributed by atoms with van der Waals surface area (Å²) in [6, 6.07) is 0.0838. The highest BCUT2D eigenvalue weighted by Gasteiger charge is 2.23. The minimum absolute atomic E-state index is 0.0598. The lowest BCUT2D eigenvalue weighted by Gasteiger charge is -2.25. The predicted octanol–water partition coefficient (Wildman–Crippen LogP) is 1.07. The van der Waals surface area contributed by atoms with Crippen molar-refractivity contribution in [3.05, 3.63) is 16.6 Å². The Labute approximate surface area is 93.1 Å². The molecule has 1 fully saturated rings. The van der Waals surface area contributed by atoms with E-state index >= 15 is 0 Å². The quantitative estimate of drug-likeness (QED) is 0.809. The zero-order chi connectivity index (χ0) is 10.7. The van der Waals surface area contributed by atoms with Crippen LogP contribution in [0.25, 0.3) is 0 Å². The van der Waals surface area contributed by atoms with Crippen LogP contribution in [0.2, 0.25) is 0 Å². The van der Waals surface area contributed by atoms with Crippen LogP contribution in [-0.2, 0) is 4.79 Å². The van der Waals surface area contributed by atoms with Crippen molar-refractivity contribution in [2.24, 2.45) is 0 Å². The number of aromatic nitrogens is 1. The van der Waals surface area contributed by atoms with Crippen molar-refractivity contribution in [1.82, 2.24) is 15.6 Å². The molecule has 1 aliphatic rings. The second kappa shape index (κ2) is 4.72. The first-order valence-electron chi connectivity index (χ1n) is 5.19. The molecule has 2 heterocycles. The van der Waals surface area contributed by atoms with Crippen LogP contribution < -0.4 is 10.6 Å². The van der Waals surface area contributed by atoms with Crippen LogP contribution in [0.4, 0.5) is 0 Å². The number of rotatable bonds is 3. The summed E-state index contributed by atoms with van der Waals surface area (Å²) in [4.78, 5) is 15.7. The lowest BCUT2D eigenvalue weighted by molar-refractivity contribution is -0.124. The molecule has 0 bridgehead atoms. The zero-order valence-electron chi connectivity index (χ0n) is 8.69. The first kappa shape index (κ1) is 10.6. The Balaban J connectivity index is 1.93. The van der Waals surface area contributed by atoms with Crippen molar-refractivity contribution in [3.8, 4) is 0 Å². The molecule has 2 N–H and O–H groups in total. The predicted molar refractivity (Wildman–Crippen MR) is 59.7 cm³/mol. The van der Waals surface area contributed by atoms with E-state index in [-0.39, 0.29) is 18.0 Å². The summed E-state index contributed by atoms with van der Waals surface area (Å²) in [5, 5.41) is 8.18. The van der Waals surface area contributed by atoms with E-state index in [1.165, 1.54) is 0 Å². The topological polar surface area (TPSA) is 54.0 Å². The summed E-state index contributed by atoms with van der Waals surface area (Å²) in [7, 11) is 0. The van der Waals surface area contributed by atoms with Crippen LogP contribution in [0.15, 0.2) is 10.9 Å². The van der Waals surface area contributed by atoms with Gasteiger partial charge in [-0.1, -0.05) is 0 Å². The SMILES string of the molecule is CC(NC1CCCNC1=O)c1cscn1. The summed E-state index contributed by atoms with van der Waals surface area (Å²) in [5.74, 6) is 0.114. The molecule has 0 spiro atoms. The molecule has 2 atom stereocenters. The summed E-state index contributed by atoms with van der Waals surface area (Å²) >= 11 is 1.58. The first-order valence-corrected chi connectivity index (χ1v) is 6.13. The molecule has 5 heteroatoms. The largest absolute Gasteiger partial charge is 0.355 e. The maximum atomic E-state index is 11.5. The summed E-state index contributed by atoms with van der Waals surface area (Å²) < 4.78 is 0. The third-order valence-electron chi connectivity index (χ3n) is 2.63. The van der Waals surface area contributed by atoms with E-state index in [1.807, 2.05) is 17.8 Å². The van der Waals surface area contributed by atoms with Gasteiger partial charge in [0.1, 0.15) is 0 Å². The van der Waals surface area contributed by atoms with Crippen molar-refractivity contribution >= 4 is 17.2 Å². The number of piperidine rings is 1. The molecule has 0 saturated carbocycles. The van der Waals surface area contributed by atoms with Gasteiger partial charge in [-0.3, -0.25) is 10.1 Å². The fourth-order valence-corrected chi connectivity index (χ4v) is 2.40. The van der Waals surface area contributed by atoms with Crippen LogP contribution in [0.3, 0.4) is 0 Å². The highest BCUT2D eigenvalue weighted by Crippen LogP contribution is 2.14. The van der Waals surface area contributed by atoms with Gasteiger partial charge in [0.15, 0.2) is 0 Å². The molecule has 1 aromatic heterocycles. The summed E-state index contributed by atoms with van der Waals surface area (Å²) in [5.41, 5.74) is 2.83. The molecule has 15 heavy (non-hydrogen) atoms. The fourth-order valence-electron chi connectivity index (χ4n) is 1.75. The third-order valence-corrected chi connectivity index (χ3v) is 3.24. The fraction of sp³-hybridized carbons (Fsp3) is 0.600. The Morgan fingerprint density at radius 1 is 1.73 bits per heavy atom. The Bertz CT molecular complexity index is 325. The molecule has 0 aromatic carbocycles. The molecule has 1 aromatic rings. The summed E-state index contributed by atoms with van der Waals surface area (Å²) in [6.07, 6.45) is 1.97. The van der Waals surface area contributed by atoms with Gasteiger partial charge in [-0.15, -0.1) is 11.3 Å². The average molecular weight is 225 g/mol. The van der Waals surface area contributed by atoms with Crippen LogP contribution in [0.5, 0.6) is 0 Å². The maximum absolute atomic E-state index is 11.5. The maximum Gasteiger partial charge on any atom is 0.237 e. The second-order valence-corrected chi connectivity index (χ2v) is 4.51. The van der Waals surface area contributed by atoms with Crippen molar-refractivity contribution < 1.29 is 4.79 Å². The molecular weight excluding hydrogens is 210 g/mol. The third kappa shape index (κ3) is 2.54. The molecule has 82 valence electrons. The van der Waals surface area contributed by atoms with E-state index in [1.54, 1.807) is 11.3 Å². The van der Waals surface area contributed by atoms with Gasteiger partial charge >= 0.3 is 0 Å². The van der Waals surface area contributed by atoms with Gasteiger partial charge < -0.3 is 5.32 Å². The van der Waals surface area contributed by atoms with Gasteiger partial charge in [-0.05, 0) is 19.8 Å². The van der Waals surface area contributed by atoms with Gasteiger partial charge in [0.05, 0.1) is 17.2 Å². The summed E-state index contributed by atoms with van der Waals surface area (Å²) in [6.45, 7) is 2.85. The lowest BCUT2D eigenvalue weighted by atomic mass is 10.1. The smallest absolute Gasteiger partial charge is 0.237 e. The van der Waals surface area contributed by atoms with Gasteiger partial charge in [0, 0.05) is 18.0 Å². The average Bonchev–Trinajstić information content (AvgIpc) is 2.74. The molecule has 0 radical (unpaired) electrons. The van der Waals surface area contributed by atoms with Crippen molar-refractivity contribution in [3.63, 3.8) is 0 Å². The Morgan fingerprint density at radius 2 is 2.60 bits per heavy atom. The second-order valence-electron chi connectivity index (χ2n) is 3.79.